The van der Waals surface area contributed by atoms with E-state index in [2.05, 4.69) is 5.43 Å². The summed E-state index contributed by atoms with van der Waals surface area (Å²) in [4.78, 5) is 11.8. The molecule has 86 valence electrons. The molecule has 0 unspecified atom stereocenters. The first kappa shape index (κ1) is 10.9. The summed E-state index contributed by atoms with van der Waals surface area (Å²) in [7, 11) is 0. The van der Waals surface area contributed by atoms with E-state index in [4.69, 9.17) is 4.74 Å². The number of phenolic OH excluding ortho intramolecular Hbond substituents is 1. The van der Waals surface area contributed by atoms with Crippen molar-refractivity contribution < 1.29 is 14.6 Å². The van der Waals surface area contributed by atoms with E-state index in [1.54, 1.807) is 12.1 Å². The second-order valence-electron chi connectivity index (χ2n) is 3.59. The Morgan fingerprint density at radius 1 is 1.38 bits per heavy atom. The summed E-state index contributed by atoms with van der Waals surface area (Å²) in [6, 6.07) is 6.28. The molecule has 1 amide bonds. The zero-order chi connectivity index (χ0) is 11.4. The number of nitrogens with one attached hydrogen (secondary N) is 1. The lowest BCUT2D eigenvalue weighted by Gasteiger charge is -2.26. The van der Waals surface area contributed by atoms with E-state index in [9.17, 15) is 9.90 Å². The molecule has 1 heterocycles. The van der Waals surface area contributed by atoms with Crippen molar-refractivity contribution in [3.63, 3.8) is 0 Å². The van der Waals surface area contributed by atoms with Gasteiger partial charge in [-0.1, -0.05) is 6.07 Å². The van der Waals surface area contributed by atoms with Crippen LogP contribution < -0.4 is 5.43 Å². The quantitative estimate of drug-likeness (QED) is 0.759. The standard InChI is InChI=1S/C11H14N2O3/c14-10-3-1-2-9(8-10)11(15)12-13-4-6-16-7-5-13/h1-3,8,14H,4-7H2,(H,12,15). The van der Waals surface area contributed by atoms with Gasteiger partial charge in [0, 0.05) is 18.7 Å². The number of hydrazine groups is 1. The Morgan fingerprint density at radius 2 is 2.12 bits per heavy atom. The van der Waals surface area contributed by atoms with Crippen LogP contribution >= 0.6 is 0 Å². The highest BCUT2D eigenvalue weighted by molar-refractivity contribution is 5.94. The maximum Gasteiger partial charge on any atom is 0.265 e. The van der Waals surface area contributed by atoms with E-state index < -0.39 is 0 Å². The molecular formula is C11H14N2O3. The largest absolute Gasteiger partial charge is 0.508 e. The zero-order valence-corrected chi connectivity index (χ0v) is 8.85. The Kier molecular flexibility index (Phi) is 3.38. The van der Waals surface area contributed by atoms with Gasteiger partial charge in [0.1, 0.15) is 5.75 Å². The van der Waals surface area contributed by atoms with Crippen LogP contribution in [0.3, 0.4) is 0 Å². The van der Waals surface area contributed by atoms with Gasteiger partial charge in [0.15, 0.2) is 0 Å². The van der Waals surface area contributed by atoms with Crippen molar-refractivity contribution in [1.29, 1.82) is 0 Å². The predicted octanol–water partition coefficient (Wildman–Crippen LogP) is 0.369. The van der Waals surface area contributed by atoms with Crippen LogP contribution in [0.15, 0.2) is 24.3 Å². The van der Waals surface area contributed by atoms with E-state index in [0.29, 0.717) is 31.9 Å². The van der Waals surface area contributed by atoms with Gasteiger partial charge in [0.2, 0.25) is 0 Å². The van der Waals surface area contributed by atoms with Gasteiger partial charge in [-0.3, -0.25) is 10.2 Å². The number of hydrogen-bond donors (Lipinski definition) is 2. The Labute approximate surface area is 93.6 Å². The Hall–Kier alpha value is -1.59. The number of nitrogens with zero attached hydrogens (tertiary/aromatic N) is 1. The molecule has 5 nitrogen and oxygen atoms in total. The van der Waals surface area contributed by atoms with E-state index in [1.807, 2.05) is 5.01 Å². The molecule has 1 aromatic carbocycles. The van der Waals surface area contributed by atoms with Crippen molar-refractivity contribution in [1.82, 2.24) is 10.4 Å². The summed E-state index contributed by atoms with van der Waals surface area (Å²) in [5, 5.41) is 11.1. The number of ether oxygens (including phenoxy) is 1. The third kappa shape index (κ3) is 2.71. The molecule has 2 rings (SSSR count). The lowest BCUT2D eigenvalue weighted by molar-refractivity contribution is 0.0126. The first-order chi connectivity index (χ1) is 7.75. The fourth-order valence-electron chi connectivity index (χ4n) is 1.53. The fraction of sp³-hybridized carbons (Fsp3) is 0.364. The number of benzene rings is 1. The zero-order valence-electron chi connectivity index (χ0n) is 8.85. The van der Waals surface area contributed by atoms with E-state index in [0.717, 1.165) is 0 Å². The smallest absolute Gasteiger partial charge is 0.265 e. The highest BCUT2D eigenvalue weighted by Crippen LogP contribution is 2.10. The van der Waals surface area contributed by atoms with E-state index >= 15 is 0 Å². The van der Waals surface area contributed by atoms with Crippen molar-refractivity contribution in [3.05, 3.63) is 29.8 Å². The minimum Gasteiger partial charge on any atom is -0.508 e. The highest BCUT2D eigenvalue weighted by atomic mass is 16.5. The van der Waals surface area contributed by atoms with Gasteiger partial charge in [-0.25, -0.2) is 5.01 Å². The van der Waals surface area contributed by atoms with Crippen LogP contribution in [0.2, 0.25) is 0 Å². The average Bonchev–Trinajstić information content (AvgIpc) is 2.30. The fourth-order valence-corrected chi connectivity index (χ4v) is 1.53. The van der Waals surface area contributed by atoms with Crippen LogP contribution in [0.5, 0.6) is 5.75 Å². The first-order valence-corrected chi connectivity index (χ1v) is 5.18. The minimum atomic E-state index is -0.210. The number of morpholine rings is 1. The van der Waals surface area contributed by atoms with Crippen LogP contribution in [0.4, 0.5) is 0 Å². The molecule has 0 bridgehead atoms. The summed E-state index contributed by atoms with van der Waals surface area (Å²) in [6.07, 6.45) is 0. The molecule has 2 N–H and O–H groups in total. The normalized spacial score (nSPS) is 17.0. The van der Waals surface area contributed by atoms with Gasteiger partial charge in [-0.2, -0.15) is 0 Å². The molecule has 1 saturated heterocycles. The molecule has 0 aliphatic carbocycles. The second-order valence-corrected chi connectivity index (χ2v) is 3.59. The Bertz CT molecular complexity index is 375. The highest BCUT2D eigenvalue weighted by Gasteiger charge is 2.14. The number of aromatic hydroxyl groups is 1. The molecule has 16 heavy (non-hydrogen) atoms. The third-order valence-corrected chi connectivity index (χ3v) is 2.38. The summed E-state index contributed by atoms with van der Waals surface area (Å²) in [5.74, 6) is -0.118. The van der Waals surface area contributed by atoms with Crippen molar-refractivity contribution in [3.8, 4) is 5.75 Å². The maximum absolute atomic E-state index is 11.8. The van der Waals surface area contributed by atoms with Crippen LogP contribution in [0.25, 0.3) is 0 Å². The molecule has 0 spiro atoms. The second kappa shape index (κ2) is 4.96. The van der Waals surface area contributed by atoms with Gasteiger partial charge in [-0.15, -0.1) is 0 Å². The van der Waals surface area contributed by atoms with Gasteiger partial charge < -0.3 is 9.84 Å². The van der Waals surface area contributed by atoms with Gasteiger partial charge in [0.05, 0.1) is 13.2 Å². The Morgan fingerprint density at radius 3 is 2.81 bits per heavy atom. The number of amides is 1. The molecule has 5 heteroatoms. The van der Waals surface area contributed by atoms with Crippen molar-refractivity contribution in [2.45, 2.75) is 0 Å². The third-order valence-electron chi connectivity index (χ3n) is 2.38. The predicted molar refractivity (Wildman–Crippen MR) is 58.0 cm³/mol. The average molecular weight is 222 g/mol. The number of carbonyl (C=O) groups is 1. The molecule has 0 radical (unpaired) electrons. The summed E-state index contributed by atoms with van der Waals surface area (Å²) < 4.78 is 5.17. The minimum absolute atomic E-state index is 0.0922. The monoisotopic (exact) mass is 222 g/mol. The maximum atomic E-state index is 11.8. The molecule has 0 saturated carbocycles. The first-order valence-electron chi connectivity index (χ1n) is 5.18. The number of rotatable bonds is 2. The van der Waals surface area contributed by atoms with Crippen LogP contribution in [0, 0.1) is 0 Å². The SMILES string of the molecule is O=C(NN1CCOCC1)c1cccc(O)c1. The van der Waals surface area contributed by atoms with E-state index in [1.165, 1.54) is 12.1 Å². The number of carbonyl (C=O) groups excluding carboxylic acids is 1. The van der Waals surface area contributed by atoms with Crippen LogP contribution in [-0.2, 0) is 4.74 Å². The molecule has 1 aliphatic heterocycles. The van der Waals surface area contributed by atoms with Crippen molar-refractivity contribution in [2.75, 3.05) is 26.3 Å². The van der Waals surface area contributed by atoms with Gasteiger partial charge in [-0.05, 0) is 18.2 Å². The number of phenols is 1. The molecule has 1 aromatic rings. The van der Waals surface area contributed by atoms with Crippen molar-refractivity contribution in [2.24, 2.45) is 0 Å². The lowest BCUT2D eigenvalue weighted by Crippen LogP contribution is -2.48. The molecule has 0 aromatic heterocycles. The Balaban J connectivity index is 1.97. The molecule has 1 aliphatic rings. The summed E-state index contributed by atoms with van der Waals surface area (Å²) >= 11 is 0. The number of hydrogen-bond acceptors (Lipinski definition) is 4. The van der Waals surface area contributed by atoms with Crippen LogP contribution in [0.1, 0.15) is 10.4 Å². The van der Waals surface area contributed by atoms with Gasteiger partial charge >= 0.3 is 0 Å². The molecule has 0 atom stereocenters. The summed E-state index contributed by atoms with van der Waals surface area (Å²) in [5.41, 5.74) is 3.22. The van der Waals surface area contributed by atoms with Gasteiger partial charge in [0.25, 0.3) is 5.91 Å². The lowest BCUT2D eigenvalue weighted by atomic mass is 10.2. The molecular weight excluding hydrogens is 208 g/mol. The summed E-state index contributed by atoms with van der Waals surface area (Å²) in [6.45, 7) is 2.62. The van der Waals surface area contributed by atoms with Crippen LogP contribution in [-0.4, -0.2) is 42.3 Å². The van der Waals surface area contributed by atoms with Crippen molar-refractivity contribution >= 4 is 5.91 Å². The molecule has 1 fully saturated rings. The topological polar surface area (TPSA) is 61.8 Å². The van der Waals surface area contributed by atoms with E-state index in [-0.39, 0.29) is 11.7 Å².